The number of benzene rings is 1. The molecule has 2 aromatic heterocycles. The Morgan fingerprint density at radius 3 is 3.04 bits per heavy atom. The molecule has 3 heterocycles. The Kier molecular flexibility index (Phi) is 3.83. The lowest BCUT2D eigenvalue weighted by Crippen LogP contribution is -2.32. The SMILES string of the molecule is CCN1CCC[C@H]1Cn1ccnc1-c1ccc2ncccc2c1. The molecule has 1 aliphatic heterocycles. The normalized spacial score (nSPS) is 18.7. The number of aromatic nitrogens is 3. The molecule has 4 heteroatoms. The number of nitrogens with zero attached hydrogens (tertiary/aromatic N) is 4. The van der Waals surface area contributed by atoms with Crippen LogP contribution in [0.3, 0.4) is 0 Å². The Bertz CT molecular complexity index is 808. The van der Waals surface area contributed by atoms with E-state index in [2.05, 4.69) is 56.8 Å². The van der Waals surface area contributed by atoms with Crippen molar-refractivity contribution in [1.82, 2.24) is 19.4 Å². The predicted octanol–water partition coefficient (Wildman–Crippen LogP) is 3.58. The number of hydrogen-bond acceptors (Lipinski definition) is 3. The van der Waals surface area contributed by atoms with Crippen molar-refractivity contribution >= 4 is 10.9 Å². The fraction of sp³-hybridized carbons (Fsp3) is 0.368. The molecule has 0 radical (unpaired) electrons. The number of rotatable bonds is 4. The minimum Gasteiger partial charge on any atom is -0.329 e. The summed E-state index contributed by atoms with van der Waals surface area (Å²) in [6.45, 7) is 5.64. The molecule has 3 aromatic rings. The summed E-state index contributed by atoms with van der Waals surface area (Å²) in [7, 11) is 0. The van der Waals surface area contributed by atoms with Gasteiger partial charge in [0.05, 0.1) is 5.52 Å². The van der Waals surface area contributed by atoms with Gasteiger partial charge >= 0.3 is 0 Å². The van der Waals surface area contributed by atoms with Crippen LogP contribution < -0.4 is 0 Å². The number of hydrogen-bond donors (Lipinski definition) is 0. The summed E-state index contributed by atoms with van der Waals surface area (Å²) < 4.78 is 2.30. The molecule has 1 saturated heterocycles. The number of pyridine rings is 1. The topological polar surface area (TPSA) is 34.0 Å². The van der Waals surface area contributed by atoms with E-state index in [-0.39, 0.29) is 0 Å². The minimum absolute atomic E-state index is 0.634. The highest BCUT2D eigenvalue weighted by Gasteiger charge is 2.24. The van der Waals surface area contributed by atoms with Crippen molar-refractivity contribution in [2.24, 2.45) is 0 Å². The molecule has 4 nitrogen and oxygen atoms in total. The lowest BCUT2D eigenvalue weighted by molar-refractivity contribution is 0.245. The number of fused-ring (bicyclic) bond motifs is 1. The van der Waals surface area contributed by atoms with Gasteiger partial charge in [-0.05, 0) is 50.2 Å². The van der Waals surface area contributed by atoms with Crippen molar-refractivity contribution in [1.29, 1.82) is 0 Å². The smallest absolute Gasteiger partial charge is 0.139 e. The van der Waals surface area contributed by atoms with Crippen LogP contribution in [0.25, 0.3) is 22.3 Å². The third-order valence-electron chi connectivity index (χ3n) is 4.89. The van der Waals surface area contributed by atoms with Crippen molar-refractivity contribution in [2.45, 2.75) is 32.4 Å². The van der Waals surface area contributed by atoms with Crippen LogP contribution in [0.4, 0.5) is 0 Å². The third-order valence-corrected chi connectivity index (χ3v) is 4.89. The van der Waals surface area contributed by atoms with Crippen LogP contribution in [0.15, 0.2) is 48.9 Å². The summed E-state index contributed by atoms with van der Waals surface area (Å²) in [6.07, 6.45) is 8.45. The largest absolute Gasteiger partial charge is 0.329 e. The molecule has 0 N–H and O–H groups in total. The highest BCUT2D eigenvalue weighted by atomic mass is 15.2. The average Bonchev–Trinajstić information content (AvgIpc) is 3.24. The Morgan fingerprint density at radius 2 is 2.13 bits per heavy atom. The molecule has 0 bridgehead atoms. The van der Waals surface area contributed by atoms with Gasteiger partial charge in [0, 0.05) is 42.1 Å². The van der Waals surface area contributed by atoms with Crippen molar-refractivity contribution < 1.29 is 0 Å². The van der Waals surface area contributed by atoms with Crippen molar-refractivity contribution in [2.75, 3.05) is 13.1 Å². The lowest BCUT2D eigenvalue weighted by Gasteiger charge is -2.23. The Hall–Kier alpha value is -2.20. The molecule has 1 atom stereocenters. The van der Waals surface area contributed by atoms with E-state index in [1.807, 2.05) is 18.5 Å². The molecule has 1 fully saturated rings. The first-order valence-corrected chi connectivity index (χ1v) is 8.45. The van der Waals surface area contributed by atoms with Gasteiger partial charge < -0.3 is 4.57 Å². The van der Waals surface area contributed by atoms with Crippen molar-refractivity contribution in [3.63, 3.8) is 0 Å². The number of imidazole rings is 1. The molecule has 0 amide bonds. The summed E-state index contributed by atoms with van der Waals surface area (Å²) in [5, 5.41) is 1.16. The van der Waals surface area contributed by atoms with Crippen LogP contribution in [0.2, 0.25) is 0 Å². The molecule has 118 valence electrons. The van der Waals surface area contributed by atoms with E-state index >= 15 is 0 Å². The molecule has 4 rings (SSSR count). The maximum absolute atomic E-state index is 4.61. The zero-order valence-corrected chi connectivity index (χ0v) is 13.5. The molecule has 1 aromatic carbocycles. The summed E-state index contributed by atoms with van der Waals surface area (Å²) in [5.74, 6) is 1.05. The molecule has 0 spiro atoms. The highest BCUT2D eigenvalue weighted by molar-refractivity contribution is 5.83. The van der Waals surface area contributed by atoms with Gasteiger partial charge in [0.15, 0.2) is 0 Å². The lowest BCUT2D eigenvalue weighted by atomic mass is 10.1. The van der Waals surface area contributed by atoms with Crippen LogP contribution in [-0.2, 0) is 6.54 Å². The van der Waals surface area contributed by atoms with Crippen LogP contribution in [-0.4, -0.2) is 38.6 Å². The van der Waals surface area contributed by atoms with Gasteiger partial charge in [-0.15, -0.1) is 0 Å². The second-order valence-corrected chi connectivity index (χ2v) is 6.24. The van der Waals surface area contributed by atoms with Gasteiger partial charge in [-0.3, -0.25) is 9.88 Å². The van der Waals surface area contributed by atoms with Crippen LogP contribution in [0, 0.1) is 0 Å². The van der Waals surface area contributed by atoms with Crippen LogP contribution in [0.5, 0.6) is 0 Å². The van der Waals surface area contributed by atoms with E-state index in [1.54, 1.807) is 0 Å². The molecule has 1 aliphatic rings. The maximum Gasteiger partial charge on any atom is 0.139 e. The Balaban J connectivity index is 1.65. The Labute approximate surface area is 136 Å². The first-order valence-electron chi connectivity index (χ1n) is 8.45. The zero-order valence-electron chi connectivity index (χ0n) is 13.5. The van der Waals surface area contributed by atoms with Crippen LogP contribution in [0.1, 0.15) is 19.8 Å². The minimum atomic E-state index is 0.634. The standard InChI is InChI=1S/C19H22N4/c1-2-22-11-4-6-17(22)14-23-12-10-21-19(23)16-7-8-18-15(13-16)5-3-9-20-18/h3,5,7-10,12-13,17H,2,4,6,11,14H2,1H3/t17-/m0/s1. The summed E-state index contributed by atoms with van der Waals surface area (Å²) in [4.78, 5) is 11.6. The average molecular weight is 306 g/mol. The van der Waals surface area contributed by atoms with Gasteiger partial charge in [0.25, 0.3) is 0 Å². The molecule has 23 heavy (non-hydrogen) atoms. The molecular formula is C19H22N4. The van der Waals surface area contributed by atoms with E-state index in [0.29, 0.717) is 6.04 Å². The van der Waals surface area contributed by atoms with E-state index in [1.165, 1.54) is 19.4 Å². The van der Waals surface area contributed by atoms with Crippen LogP contribution >= 0.6 is 0 Å². The number of likely N-dealkylation sites (tertiary alicyclic amines) is 1. The van der Waals surface area contributed by atoms with Gasteiger partial charge in [0.1, 0.15) is 5.82 Å². The summed E-state index contributed by atoms with van der Waals surface area (Å²) in [6, 6.07) is 11.1. The van der Waals surface area contributed by atoms with Gasteiger partial charge in [0.2, 0.25) is 0 Å². The van der Waals surface area contributed by atoms with E-state index in [0.717, 1.165) is 35.4 Å². The fourth-order valence-electron chi connectivity index (χ4n) is 3.68. The van der Waals surface area contributed by atoms with Crippen molar-refractivity contribution in [3.05, 3.63) is 48.9 Å². The summed E-state index contributed by atoms with van der Waals surface area (Å²) in [5.41, 5.74) is 2.19. The number of likely N-dealkylation sites (N-methyl/N-ethyl adjacent to an activating group) is 1. The quantitative estimate of drug-likeness (QED) is 0.739. The second kappa shape index (κ2) is 6.13. The monoisotopic (exact) mass is 306 g/mol. The first kappa shape index (κ1) is 14.4. The molecule has 0 unspecified atom stereocenters. The second-order valence-electron chi connectivity index (χ2n) is 6.24. The van der Waals surface area contributed by atoms with E-state index < -0.39 is 0 Å². The van der Waals surface area contributed by atoms with Gasteiger partial charge in [-0.25, -0.2) is 4.98 Å². The third kappa shape index (κ3) is 2.75. The fourth-order valence-corrected chi connectivity index (χ4v) is 3.68. The highest BCUT2D eigenvalue weighted by Crippen LogP contribution is 2.25. The van der Waals surface area contributed by atoms with Gasteiger partial charge in [-0.1, -0.05) is 13.0 Å². The van der Waals surface area contributed by atoms with Crippen molar-refractivity contribution in [3.8, 4) is 11.4 Å². The molecule has 0 saturated carbocycles. The molecule has 0 aliphatic carbocycles. The van der Waals surface area contributed by atoms with E-state index in [9.17, 15) is 0 Å². The summed E-state index contributed by atoms with van der Waals surface area (Å²) >= 11 is 0. The molecular weight excluding hydrogens is 284 g/mol. The predicted molar refractivity (Wildman–Crippen MR) is 93.2 cm³/mol. The first-order chi connectivity index (χ1) is 11.3. The van der Waals surface area contributed by atoms with E-state index in [4.69, 9.17) is 0 Å². The maximum atomic E-state index is 4.61. The van der Waals surface area contributed by atoms with Gasteiger partial charge in [-0.2, -0.15) is 0 Å². The Morgan fingerprint density at radius 1 is 1.17 bits per heavy atom. The zero-order chi connectivity index (χ0) is 15.6.